The highest BCUT2D eigenvalue weighted by atomic mass is 16.5. The Morgan fingerprint density at radius 3 is 2.23 bits per heavy atom. The van der Waals surface area contributed by atoms with Gasteiger partial charge in [-0.15, -0.1) is 0 Å². The molecule has 1 aliphatic rings. The minimum absolute atomic E-state index is 0.834. The number of hydrogen-bond acceptors (Lipinski definition) is 3. The summed E-state index contributed by atoms with van der Waals surface area (Å²) in [5.74, 6) is 0.838. The molecule has 3 heteroatoms. The summed E-state index contributed by atoms with van der Waals surface area (Å²) in [7, 11) is 3.76. The number of nitrogens with zero attached hydrogens (tertiary/aromatic N) is 2. The zero-order valence-electron chi connectivity index (χ0n) is 26.5. The Kier molecular flexibility index (Phi) is 12.8. The highest BCUT2D eigenvalue weighted by Gasteiger charge is 2.14. The van der Waals surface area contributed by atoms with E-state index in [1.165, 1.54) is 11.1 Å². The number of likely N-dealkylation sites (N-methyl/N-ethyl adjacent to an activating group) is 1. The van der Waals surface area contributed by atoms with Crippen LogP contribution >= 0.6 is 0 Å². The fourth-order valence-corrected chi connectivity index (χ4v) is 4.82. The van der Waals surface area contributed by atoms with E-state index in [4.69, 9.17) is 4.74 Å². The Balaban J connectivity index is 1.99. The second kappa shape index (κ2) is 17.0. The fraction of sp³-hybridized carbons (Fsp3) is 0.122. The Morgan fingerprint density at radius 2 is 1.59 bits per heavy atom. The molecule has 0 bridgehead atoms. The van der Waals surface area contributed by atoms with E-state index in [9.17, 15) is 0 Å². The zero-order chi connectivity index (χ0) is 31.9. The molecular formula is C41H44N2O. The second-order valence-electron chi connectivity index (χ2n) is 10.1. The van der Waals surface area contributed by atoms with E-state index in [1.54, 1.807) is 19.3 Å². The Labute approximate surface area is 264 Å². The number of benzene rings is 2. The summed E-state index contributed by atoms with van der Waals surface area (Å²) in [6, 6.07) is 16.7. The van der Waals surface area contributed by atoms with Crippen LogP contribution in [0.4, 0.5) is 11.4 Å². The van der Waals surface area contributed by atoms with Crippen molar-refractivity contribution in [1.29, 1.82) is 0 Å². The van der Waals surface area contributed by atoms with Gasteiger partial charge in [0.1, 0.15) is 5.75 Å². The summed E-state index contributed by atoms with van der Waals surface area (Å²) in [5, 5.41) is 0. The zero-order valence-corrected chi connectivity index (χ0v) is 26.5. The molecule has 0 radical (unpaired) electrons. The maximum Gasteiger partial charge on any atom is 0.120 e. The number of ether oxygens (including phenoxy) is 1. The Bertz CT molecular complexity index is 1600. The van der Waals surface area contributed by atoms with Crippen molar-refractivity contribution in [3.05, 3.63) is 194 Å². The van der Waals surface area contributed by atoms with Crippen molar-refractivity contribution in [1.82, 2.24) is 0 Å². The third-order valence-electron chi connectivity index (χ3n) is 7.23. The predicted octanol–water partition coefficient (Wildman–Crippen LogP) is 10.8. The molecule has 3 rings (SSSR count). The maximum atomic E-state index is 5.42. The van der Waals surface area contributed by atoms with Gasteiger partial charge in [-0.2, -0.15) is 0 Å². The molecule has 2 aromatic rings. The lowest BCUT2D eigenvalue weighted by molar-refractivity contribution is 0.415. The van der Waals surface area contributed by atoms with Crippen molar-refractivity contribution >= 4 is 16.9 Å². The largest absolute Gasteiger partial charge is 0.497 e. The molecule has 224 valence electrons. The van der Waals surface area contributed by atoms with Crippen LogP contribution in [-0.4, -0.2) is 14.2 Å². The van der Waals surface area contributed by atoms with Crippen molar-refractivity contribution in [3.8, 4) is 5.75 Å². The molecule has 0 N–H and O–H groups in total. The van der Waals surface area contributed by atoms with Gasteiger partial charge in [0.05, 0.1) is 7.11 Å². The van der Waals surface area contributed by atoms with Crippen molar-refractivity contribution in [2.24, 2.45) is 0 Å². The van der Waals surface area contributed by atoms with E-state index in [0.29, 0.717) is 0 Å². The summed E-state index contributed by atoms with van der Waals surface area (Å²) >= 11 is 0. The van der Waals surface area contributed by atoms with Crippen LogP contribution in [0.2, 0.25) is 0 Å². The first-order valence-electron chi connectivity index (χ1n) is 14.7. The number of methoxy groups -OCH3 is 1. The molecule has 0 saturated heterocycles. The molecule has 1 aliphatic carbocycles. The summed E-state index contributed by atoms with van der Waals surface area (Å²) in [4.78, 5) is 4.34. The van der Waals surface area contributed by atoms with E-state index in [-0.39, 0.29) is 0 Å². The van der Waals surface area contributed by atoms with Crippen LogP contribution in [0.25, 0.3) is 5.57 Å². The molecule has 0 heterocycles. The van der Waals surface area contributed by atoms with Crippen LogP contribution in [-0.2, 0) is 0 Å². The van der Waals surface area contributed by atoms with Crippen molar-refractivity contribution < 1.29 is 4.74 Å². The third kappa shape index (κ3) is 8.62. The first-order valence-corrected chi connectivity index (χ1v) is 14.7. The number of anilines is 2. The van der Waals surface area contributed by atoms with E-state index in [2.05, 4.69) is 123 Å². The summed E-state index contributed by atoms with van der Waals surface area (Å²) in [5.41, 5.74) is 9.60. The highest BCUT2D eigenvalue weighted by molar-refractivity contribution is 5.73. The van der Waals surface area contributed by atoms with Gasteiger partial charge in [-0.25, -0.2) is 0 Å². The average molecular weight is 581 g/mol. The van der Waals surface area contributed by atoms with E-state index in [1.807, 2.05) is 55.5 Å². The van der Waals surface area contributed by atoms with E-state index in [0.717, 1.165) is 51.8 Å². The standard InChI is InChI=1S/C41H44N2O/c1-9-16-33(12-4)32(6)23-27-36(13-5)43(38(17-10-2)18-11-3)39-29-25-35(26-30-39)34-19-14-20-37(28-24-34)42(7)40-21-15-22-41(31-40)44-8/h9-18,20-31H,1-2,4-5,19H2,3,6-8H3/b18-11-,32-23+,33-16+,36-27+,38-17+. The molecule has 0 spiro atoms. The molecule has 0 aromatic heterocycles. The van der Waals surface area contributed by atoms with Crippen LogP contribution in [0.3, 0.4) is 0 Å². The van der Waals surface area contributed by atoms with Gasteiger partial charge in [-0.1, -0.05) is 93.1 Å². The van der Waals surface area contributed by atoms with Gasteiger partial charge in [0, 0.05) is 41.6 Å². The molecule has 2 aromatic carbocycles. The summed E-state index contributed by atoms with van der Waals surface area (Å²) < 4.78 is 5.42. The molecule has 0 fully saturated rings. The third-order valence-corrected chi connectivity index (χ3v) is 7.23. The van der Waals surface area contributed by atoms with Gasteiger partial charge >= 0.3 is 0 Å². The van der Waals surface area contributed by atoms with Crippen LogP contribution in [0.15, 0.2) is 188 Å². The molecule has 0 atom stereocenters. The SMILES string of the molecule is C=C/C=C(C=C)/C(C)=C/C=C(\C=C)N(C(/C=C\C)=C/C=C)c1ccc(C2=CC=C(N(C)c3cccc(OC)c3)C=CC2)cc1. The van der Waals surface area contributed by atoms with Gasteiger partial charge in [-0.05, 0) is 103 Å². The smallest absolute Gasteiger partial charge is 0.120 e. The lowest BCUT2D eigenvalue weighted by Crippen LogP contribution is -2.19. The lowest BCUT2D eigenvalue weighted by atomic mass is 10.0. The molecule has 0 saturated carbocycles. The van der Waals surface area contributed by atoms with Crippen molar-refractivity contribution in [2.45, 2.75) is 20.3 Å². The maximum absolute atomic E-state index is 5.42. The average Bonchev–Trinajstić information content (AvgIpc) is 3.31. The first kappa shape index (κ1) is 33.2. The molecule has 0 amide bonds. The van der Waals surface area contributed by atoms with Crippen molar-refractivity contribution in [2.75, 3.05) is 24.0 Å². The van der Waals surface area contributed by atoms with E-state index >= 15 is 0 Å². The first-order chi connectivity index (χ1) is 21.4. The Morgan fingerprint density at radius 1 is 0.841 bits per heavy atom. The minimum Gasteiger partial charge on any atom is -0.497 e. The minimum atomic E-state index is 0.834. The number of rotatable bonds is 14. The Hall–Kier alpha value is -5.28. The summed E-state index contributed by atoms with van der Waals surface area (Å²) in [6.45, 7) is 19.9. The second-order valence-corrected chi connectivity index (χ2v) is 10.1. The van der Waals surface area contributed by atoms with Gasteiger partial charge in [-0.3, -0.25) is 0 Å². The molecule has 3 nitrogen and oxygen atoms in total. The van der Waals surface area contributed by atoms with E-state index < -0.39 is 0 Å². The number of hydrogen-bond donors (Lipinski definition) is 0. The van der Waals surface area contributed by atoms with Crippen LogP contribution in [0, 0.1) is 0 Å². The van der Waals surface area contributed by atoms with Gasteiger partial charge in [0.2, 0.25) is 0 Å². The molecule has 0 unspecified atom stereocenters. The topological polar surface area (TPSA) is 15.7 Å². The molecular weight excluding hydrogens is 536 g/mol. The molecule has 0 aliphatic heterocycles. The summed E-state index contributed by atoms with van der Waals surface area (Å²) in [6.07, 6.45) is 29.1. The van der Waals surface area contributed by atoms with Gasteiger partial charge in [0.15, 0.2) is 0 Å². The predicted molar refractivity (Wildman–Crippen MR) is 194 cm³/mol. The van der Waals surface area contributed by atoms with Crippen LogP contribution < -0.4 is 14.5 Å². The van der Waals surface area contributed by atoms with Crippen LogP contribution in [0.1, 0.15) is 25.8 Å². The quantitative estimate of drug-likeness (QED) is 0.207. The van der Waals surface area contributed by atoms with Crippen LogP contribution in [0.5, 0.6) is 5.75 Å². The normalized spacial score (nSPS) is 14.4. The molecule has 44 heavy (non-hydrogen) atoms. The monoisotopic (exact) mass is 580 g/mol. The van der Waals surface area contributed by atoms with Crippen molar-refractivity contribution in [3.63, 3.8) is 0 Å². The van der Waals surface area contributed by atoms with Gasteiger partial charge in [0.25, 0.3) is 0 Å². The van der Waals surface area contributed by atoms with Gasteiger partial charge < -0.3 is 14.5 Å². The number of allylic oxidation sites excluding steroid dienone is 17. The highest BCUT2D eigenvalue weighted by Crippen LogP contribution is 2.31. The lowest BCUT2D eigenvalue weighted by Gasteiger charge is -2.27. The fourth-order valence-electron chi connectivity index (χ4n) is 4.82.